The van der Waals surface area contributed by atoms with E-state index in [2.05, 4.69) is 44.8 Å². The number of nitrogens with zero attached hydrogens (tertiary/aromatic N) is 2. The molecule has 29 heavy (non-hydrogen) atoms. The number of guanidine groups is 1. The summed E-state index contributed by atoms with van der Waals surface area (Å²) in [5.41, 5.74) is 3.27. The van der Waals surface area contributed by atoms with E-state index in [1.165, 1.54) is 55.6 Å². The molecular formula is C22H30FIN4O. The number of hydrogen-bond acceptors (Lipinski definition) is 3. The monoisotopic (exact) mass is 512 g/mol. The highest BCUT2D eigenvalue weighted by Crippen LogP contribution is 2.16. The number of nitrogens with one attached hydrogen (secondary N) is 2. The zero-order chi connectivity index (χ0) is 19.8. The fraction of sp³-hybridized carbons (Fsp3) is 0.409. The first-order valence-electron chi connectivity index (χ1n) is 9.86. The zero-order valence-electron chi connectivity index (χ0n) is 16.8. The number of aliphatic imine (C=N–C) groups is 1. The van der Waals surface area contributed by atoms with Gasteiger partial charge in [0.05, 0.1) is 0 Å². The molecule has 7 heteroatoms. The summed E-state index contributed by atoms with van der Waals surface area (Å²) in [5, 5.41) is 15.7. The van der Waals surface area contributed by atoms with Crippen LogP contribution in [-0.4, -0.2) is 36.1 Å². The van der Waals surface area contributed by atoms with Crippen molar-refractivity contribution in [1.82, 2.24) is 15.5 Å². The average molecular weight is 512 g/mol. The highest BCUT2D eigenvalue weighted by molar-refractivity contribution is 14.0. The molecule has 0 atom stereocenters. The second-order valence-corrected chi connectivity index (χ2v) is 7.22. The molecule has 158 valence electrons. The summed E-state index contributed by atoms with van der Waals surface area (Å²) in [6, 6.07) is 13.0. The van der Waals surface area contributed by atoms with Gasteiger partial charge in [0.1, 0.15) is 0 Å². The molecule has 5 nitrogen and oxygen atoms in total. The molecule has 0 radical (unpaired) electrons. The van der Waals surface area contributed by atoms with Crippen molar-refractivity contribution in [3.63, 3.8) is 0 Å². The molecule has 1 aliphatic rings. The van der Waals surface area contributed by atoms with Gasteiger partial charge in [0.25, 0.3) is 0 Å². The van der Waals surface area contributed by atoms with Gasteiger partial charge in [-0.1, -0.05) is 36.8 Å². The molecule has 0 unspecified atom stereocenters. The van der Waals surface area contributed by atoms with Crippen molar-refractivity contribution >= 4 is 29.9 Å². The molecule has 0 aromatic heterocycles. The molecule has 0 spiro atoms. The molecule has 2 aromatic rings. The lowest BCUT2D eigenvalue weighted by molar-refractivity contribution is 0.221. The van der Waals surface area contributed by atoms with Crippen molar-refractivity contribution in [3.05, 3.63) is 65.0 Å². The SMILES string of the molecule is CN=C(NCc1ccc(CN2CCCCC2)cc1)NCc1ccc(O)c(F)c1.I. The highest BCUT2D eigenvalue weighted by atomic mass is 127. The van der Waals surface area contributed by atoms with Gasteiger partial charge in [-0.25, -0.2) is 4.39 Å². The summed E-state index contributed by atoms with van der Waals surface area (Å²) in [4.78, 5) is 6.72. The Morgan fingerprint density at radius 2 is 1.55 bits per heavy atom. The summed E-state index contributed by atoms with van der Waals surface area (Å²) in [6.45, 7) is 4.52. The smallest absolute Gasteiger partial charge is 0.191 e. The third-order valence-corrected chi connectivity index (χ3v) is 5.03. The number of likely N-dealkylation sites (tertiary alicyclic amines) is 1. The number of rotatable bonds is 6. The van der Waals surface area contributed by atoms with Crippen molar-refractivity contribution in [1.29, 1.82) is 0 Å². The summed E-state index contributed by atoms with van der Waals surface area (Å²) in [7, 11) is 1.70. The van der Waals surface area contributed by atoms with Gasteiger partial charge < -0.3 is 15.7 Å². The van der Waals surface area contributed by atoms with Gasteiger partial charge in [-0.05, 0) is 54.8 Å². The fourth-order valence-corrected chi connectivity index (χ4v) is 3.39. The number of benzene rings is 2. The molecule has 1 fully saturated rings. The molecule has 2 aromatic carbocycles. The largest absolute Gasteiger partial charge is 0.505 e. The van der Waals surface area contributed by atoms with Crippen molar-refractivity contribution in [3.8, 4) is 5.75 Å². The molecule has 0 aliphatic carbocycles. The van der Waals surface area contributed by atoms with Gasteiger partial charge >= 0.3 is 0 Å². The molecule has 0 bridgehead atoms. The van der Waals surface area contributed by atoms with Gasteiger partial charge in [-0.3, -0.25) is 9.89 Å². The van der Waals surface area contributed by atoms with E-state index < -0.39 is 5.82 Å². The van der Waals surface area contributed by atoms with Crippen LogP contribution in [0.1, 0.15) is 36.0 Å². The Morgan fingerprint density at radius 3 is 2.17 bits per heavy atom. The first kappa shape index (κ1) is 23.4. The van der Waals surface area contributed by atoms with Gasteiger partial charge in [0.15, 0.2) is 17.5 Å². The Labute approximate surface area is 189 Å². The van der Waals surface area contributed by atoms with Crippen LogP contribution in [0.5, 0.6) is 5.75 Å². The average Bonchev–Trinajstić information content (AvgIpc) is 2.72. The number of halogens is 2. The van der Waals surface area contributed by atoms with E-state index in [1.807, 2.05) is 0 Å². The molecule has 0 amide bonds. The number of phenolic OH excluding ortho intramolecular Hbond substituents is 1. The van der Waals surface area contributed by atoms with Crippen LogP contribution in [-0.2, 0) is 19.6 Å². The van der Waals surface area contributed by atoms with Gasteiger partial charge in [-0.15, -0.1) is 24.0 Å². The van der Waals surface area contributed by atoms with Crippen LogP contribution in [0.3, 0.4) is 0 Å². The number of aromatic hydroxyl groups is 1. The fourth-order valence-electron chi connectivity index (χ4n) is 3.39. The maximum atomic E-state index is 13.4. The minimum atomic E-state index is -0.619. The van der Waals surface area contributed by atoms with Crippen LogP contribution in [0.15, 0.2) is 47.5 Å². The minimum absolute atomic E-state index is 0. The summed E-state index contributed by atoms with van der Waals surface area (Å²) >= 11 is 0. The van der Waals surface area contributed by atoms with E-state index in [-0.39, 0.29) is 29.7 Å². The highest BCUT2D eigenvalue weighted by Gasteiger charge is 2.10. The normalized spacial score (nSPS) is 14.9. The third kappa shape index (κ3) is 7.47. The van der Waals surface area contributed by atoms with Crippen LogP contribution in [0.2, 0.25) is 0 Å². The molecule has 3 rings (SSSR count). The number of phenols is 1. The summed E-state index contributed by atoms with van der Waals surface area (Å²) in [5.74, 6) is -0.312. The predicted molar refractivity (Wildman–Crippen MR) is 126 cm³/mol. The van der Waals surface area contributed by atoms with E-state index in [1.54, 1.807) is 13.1 Å². The van der Waals surface area contributed by atoms with Crippen LogP contribution < -0.4 is 10.6 Å². The number of hydrogen-bond donors (Lipinski definition) is 3. The molecule has 1 saturated heterocycles. The van der Waals surface area contributed by atoms with E-state index in [4.69, 9.17) is 0 Å². The Morgan fingerprint density at radius 1 is 0.966 bits per heavy atom. The van der Waals surface area contributed by atoms with Crippen molar-refractivity contribution < 1.29 is 9.50 Å². The van der Waals surface area contributed by atoms with Crippen molar-refractivity contribution in [2.45, 2.75) is 38.9 Å². The van der Waals surface area contributed by atoms with Gasteiger partial charge in [0.2, 0.25) is 0 Å². The van der Waals surface area contributed by atoms with Gasteiger partial charge in [0, 0.05) is 26.7 Å². The van der Waals surface area contributed by atoms with Crippen molar-refractivity contribution in [2.75, 3.05) is 20.1 Å². The molecule has 0 saturated carbocycles. The van der Waals surface area contributed by atoms with Crippen LogP contribution >= 0.6 is 24.0 Å². The van der Waals surface area contributed by atoms with E-state index in [9.17, 15) is 9.50 Å². The van der Waals surface area contributed by atoms with E-state index in [0.717, 1.165) is 12.1 Å². The number of piperidine rings is 1. The molecule has 1 heterocycles. The van der Waals surface area contributed by atoms with Crippen molar-refractivity contribution in [2.24, 2.45) is 4.99 Å². The predicted octanol–water partition coefficient (Wildman–Crippen LogP) is 4.00. The Bertz CT molecular complexity index is 792. The van der Waals surface area contributed by atoms with E-state index in [0.29, 0.717) is 19.0 Å². The Hall–Kier alpha value is -1.87. The maximum absolute atomic E-state index is 13.4. The second kappa shape index (κ2) is 12.0. The maximum Gasteiger partial charge on any atom is 0.191 e. The summed E-state index contributed by atoms with van der Waals surface area (Å²) in [6.07, 6.45) is 3.98. The lowest BCUT2D eigenvalue weighted by Crippen LogP contribution is -2.36. The zero-order valence-corrected chi connectivity index (χ0v) is 19.2. The minimum Gasteiger partial charge on any atom is -0.505 e. The third-order valence-electron chi connectivity index (χ3n) is 5.03. The first-order chi connectivity index (χ1) is 13.6. The lowest BCUT2D eigenvalue weighted by atomic mass is 10.1. The Kier molecular flexibility index (Phi) is 9.66. The van der Waals surface area contributed by atoms with Gasteiger partial charge in [-0.2, -0.15) is 0 Å². The Balaban J connectivity index is 0.00000300. The van der Waals surface area contributed by atoms with Crippen LogP contribution in [0.25, 0.3) is 0 Å². The lowest BCUT2D eigenvalue weighted by Gasteiger charge is -2.26. The molecular weight excluding hydrogens is 482 g/mol. The first-order valence-corrected chi connectivity index (χ1v) is 9.86. The quantitative estimate of drug-likeness (QED) is 0.311. The molecule has 1 aliphatic heterocycles. The summed E-state index contributed by atoms with van der Waals surface area (Å²) < 4.78 is 13.4. The van der Waals surface area contributed by atoms with Crippen LogP contribution in [0, 0.1) is 5.82 Å². The van der Waals surface area contributed by atoms with Crippen LogP contribution in [0.4, 0.5) is 4.39 Å². The second-order valence-electron chi connectivity index (χ2n) is 7.22. The molecule has 3 N–H and O–H groups in total. The standard InChI is InChI=1S/C22H29FN4O.HI/c1-24-22(26-15-19-9-10-21(28)20(23)13-19)25-14-17-5-7-18(8-6-17)16-27-11-3-2-4-12-27;/h5-10,13,28H,2-4,11-12,14-16H2,1H3,(H2,24,25,26);1H. The van der Waals surface area contributed by atoms with E-state index >= 15 is 0 Å². The topological polar surface area (TPSA) is 59.9 Å².